The first kappa shape index (κ1) is 12.3. The number of hydrogen-bond acceptors (Lipinski definition) is 3. The summed E-state index contributed by atoms with van der Waals surface area (Å²) in [6.45, 7) is 3.88. The minimum atomic E-state index is -0.355. The van der Waals surface area contributed by atoms with Crippen LogP contribution in [0, 0.1) is 0 Å². The van der Waals surface area contributed by atoms with Crippen LogP contribution in [0.15, 0.2) is 11.1 Å². The van der Waals surface area contributed by atoms with E-state index in [1.54, 1.807) is 0 Å². The largest absolute Gasteiger partial charge is 0.364 e. The highest BCUT2D eigenvalue weighted by Gasteiger charge is 2.15. The molecule has 2 unspecified atom stereocenters. The Hall–Kier alpha value is -0.740. The number of halogens is 2. The summed E-state index contributed by atoms with van der Waals surface area (Å²) in [4.78, 5) is 17.5. The summed E-state index contributed by atoms with van der Waals surface area (Å²) >= 11 is 11.8. The van der Waals surface area contributed by atoms with Gasteiger partial charge in [0.1, 0.15) is 5.02 Å². The number of aromatic amines is 1. The van der Waals surface area contributed by atoms with E-state index in [1.165, 1.54) is 6.33 Å². The third-order valence-electron chi connectivity index (χ3n) is 2.11. The van der Waals surface area contributed by atoms with Crippen LogP contribution in [0.2, 0.25) is 5.02 Å². The molecule has 15 heavy (non-hydrogen) atoms. The fraction of sp³-hybridized carbons (Fsp3) is 0.556. The Morgan fingerprint density at radius 2 is 2.33 bits per heavy atom. The first-order valence-corrected chi connectivity index (χ1v) is 5.51. The number of alkyl halides is 1. The third-order valence-corrected chi connectivity index (χ3v) is 2.77. The summed E-state index contributed by atoms with van der Waals surface area (Å²) in [5.41, 5.74) is -0.355. The SMILES string of the molecule is CCC(Nc1nc[nH]c(=O)c1Cl)C(C)Cl. The average molecular weight is 250 g/mol. The Kier molecular flexibility index (Phi) is 4.42. The third kappa shape index (κ3) is 3.11. The summed E-state index contributed by atoms with van der Waals surface area (Å²) in [5, 5.41) is 3.04. The first-order valence-electron chi connectivity index (χ1n) is 4.70. The van der Waals surface area contributed by atoms with E-state index in [1.807, 2.05) is 13.8 Å². The van der Waals surface area contributed by atoms with Gasteiger partial charge in [0.2, 0.25) is 0 Å². The van der Waals surface area contributed by atoms with Crippen molar-refractivity contribution in [2.75, 3.05) is 5.32 Å². The molecule has 0 bridgehead atoms. The normalized spacial score (nSPS) is 14.7. The molecular formula is C9H13Cl2N3O. The quantitative estimate of drug-likeness (QED) is 0.805. The zero-order chi connectivity index (χ0) is 11.4. The van der Waals surface area contributed by atoms with Crippen molar-refractivity contribution in [1.82, 2.24) is 9.97 Å². The van der Waals surface area contributed by atoms with Crippen LogP contribution in [0.4, 0.5) is 5.82 Å². The lowest BCUT2D eigenvalue weighted by molar-refractivity contribution is 0.675. The van der Waals surface area contributed by atoms with Crippen LogP contribution >= 0.6 is 23.2 Å². The summed E-state index contributed by atoms with van der Waals surface area (Å²) in [6.07, 6.45) is 2.14. The lowest BCUT2D eigenvalue weighted by atomic mass is 10.1. The van der Waals surface area contributed by atoms with Crippen molar-refractivity contribution in [3.63, 3.8) is 0 Å². The van der Waals surface area contributed by atoms with E-state index in [-0.39, 0.29) is 22.0 Å². The molecule has 1 aromatic heterocycles. The van der Waals surface area contributed by atoms with E-state index in [0.29, 0.717) is 5.82 Å². The van der Waals surface area contributed by atoms with Gasteiger partial charge in [-0.1, -0.05) is 18.5 Å². The van der Waals surface area contributed by atoms with Gasteiger partial charge in [0.15, 0.2) is 5.82 Å². The fourth-order valence-electron chi connectivity index (χ4n) is 1.20. The molecule has 0 saturated carbocycles. The molecule has 0 saturated heterocycles. The maximum Gasteiger partial charge on any atom is 0.271 e. The van der Waals surface area contributed by atoms with Gasteiger partial charge in [-0.3, -0.25) is 4.79 Å². The Bertz CT molecular complexity index is 378. The second kappa shape index (κ2) is 5.37. The minimum absolute atomic E-state index is 0.0402. The van der Waals surface area contributed by atoms with Crippen molar-refractivity contribution in [3.8, 4) is 0 Å². The number of rotatable bonds is 4. The summed E-state index contributed by atoms with van der Waals surface area (Å²) in [5.74, 6) is 0.375. The first-order chi connectivity index (χ1) is 7.06. The maximum atomic E-state index is 11.2. The van der Waals surface area contributed by atoms with E-state index in [2.05, 4.69) is 15.3 Å². The molecule has 0 fully saturated rings. The number of H-pyrrole nitrogens is 1. The molecule has 2 N–H and O–H groups in total. The van der Waals surface area contributed by atoms with Crippen molar-refractivity contribution in [3.05, 3.63) is 21.7 Å². The molecule has 2 atom stereocenters. The van der Waals surface area contributed by atoms with Crippen LogP contribution in [0.1, 0.15) is 20.3 Å². The average Bonchev–Trinajstić information content (AvgIpc) is 2.19. The second-order valence-corrected chi connectivity index (χ2v) is 4.30. The van der Waals surface area contributed by atoms with Gasteiger partial charge in [0.25, 0.3) is 5.56 Å². The van der Waals surface area contributed by atoms with Gasteiger partial charge in [-0.05, 0) is 13.3 Å². The van der Waals surface area contributed by atoms with Gasteiger partial charge in [-0.2, -0.15) is 0 Å². The number of hydrogen-bond donors (Lipinski definition) is 2. The van der Waals surface area contributed by atoms with Crippen LogP contribution in [0.5, 0.6) is 0 Å². The van der Waals surface area contributed by atoms with E-state index in [9.17, 15) is 4.79 Å². The molecule has 1 aromatic rings. The lowest BCUT2D eigenvalue weighted by Crippen LogP contribution is -2.28. The Morgan fingerprint density at radius 3 is 2.87 bits per heavy atom. The molecule has 1 heterocycles. The molecule has 6 heteroatoms. The van der Waals surface area contributed by atoms with Gasteiger partial charge < -0.3 is 10.3 Å². The highest BCUT2D eigenvalue weighted by Crippen LogP contribution is 2.17. The van der Waals surface area contributed by atoms with E-state index < -0.39 is 0 Å². The van der Waals surface area contributed by atoms with E-state index >= 15 is 0 Å². The topological polar surface area (TPSA) is 57.8 Å². The Balaban J connectivity index is 2.88. The molecule has 0 aliphatic rings. The predicted molar refractivity (Wildman–Crippen MR) is 62.9 cm³/mol. The van der Waals surface area contributed by atoms with Crippen molar-refractivity contribution < 1.29 is 0 Å². The van der Waals surface area contributed by atoms with Crippen LogP contribution in [-0.2, 0) is 0 Å². The lowest BCUT2D eigenvalue weighted by Gasteiger charge is -2.19. The van der Waals surface area contributed by atoms with Gasteiger partial charge in [-0.15, -0.1) is 11.6 Å². The van der Waals surface area contributed by atoms with E-state index in [4.69, 9.17) is 23.2 Å². The van der Waals surface area contributed by atoms with E-state index in [0.717, 1.165) is 6.42 Å². The zero-order valence-electron chi connectivity index (χ0n) is 8.55. The van der Waals surface area contributed by atoms with Crippen molar-refractivity contribution in [1.29, 1.82) is 0 Å². The number of aromatic nitrogens is 2. The van der Waals surface area contributed by atoms with Crippen LogP contribution in [-0.4, -0.2) is 21.4 Å². The highest BCUT2D eigenvalue weighted by atomic mass is 35.5. The fourth-order valence-corrected chi connectivity index (χ4v) is 1.60. The van der Waals surface area contributed by atoms with Gasteiger partial charge in [0, 0.05) is 6.04 Å². The van der Waals surface area contributed by atoms with Gasteiger partial charge in [0.05, 0.1) is 11.7 Å². The Labute approximate surface area is 98.0 Å². The molecule has 0 aromatic carbocycles. The second-order valence-electron chi connectivity index (χ2n) is 3.23. The minimum Gasteiger partial charge on any atom is -0.364 e. The predicted octanol–water partition coefficient (Wildman–Crippen LogP) is 2.24. The molecule has 0 aliphatic heterocycles. The number of nitrogens with one attached hydrogen (secondary N) is 2. The van der Waals surface area contributed by atoms with Crippen LogP contribution in [0.25, 0.3) is 0 Å². The molecule has 0 radical (unpaired) electrons. The molecule has 0 spiro atoms. The maximum absolute atomic E-state index is 11.2. The molecule has 4 nitrogen and oxygen atoms in total. The number of anilines is 1. The van der Waals surface area contributed by atoms with Crippen molar-refractivity contribution >= 4 is 29.0 Å². The van der Waals surface area contributed by atoms with Gasteiger partial charge in [-0.25, -0.2) is 4.98 Å². The number of nitrogens with zero attached hydrogens (tertiary/aromatic N) is 1. The van der Waals surface area contributed by atoms with Gasteiger partial charge >= 0.3 is 0 Å². The molecule has 1 rings (SSSR count). The van der Waals surface area contributed by atoms with Crippen LogP contribution in [0.3, 0.4) is 0 Å². The highest BCUT2D eigenvalue weighted by molar-refractivity contribution is 6.32. The molecule has 0 amide bonds. The van der Waals surface area contributed by atoms with Crippen molar-refractivity contribution in [2.45, 2.75) is 31.7 Å². The molecular weight excluding hydrogens is 237 g/mol. The molecule has 0 aliphatic carbocycles. The van der Waals surface area contributed by atoms with Crippen LogP contribution < -0.4 is 10.9 Å². The monoisotopic (exact) mass is 249 g/mol. The van der Waals surface area contributed by atoms with Crippen molar-refractivity contribution in [2.24, 2.45) is 0 Å². The smallest absolute Gasteiger partial charge is 0.271 e. The zero-order valence-corrected chi connectivity index (χ0v) is 10.1. The Morgan fingerprint density at radius 1 is 1.67 bits per heavy atom. The molecule has 84 valence electrons. The summed E-state index contributed by atoms with van der Waals surface area (Å²) in [6, 6.07) is 0.0402. The summed E-state index contributed by atoms with van der Waals surface area (Å²) in [7, 11) is 0. The summed E-state index contributed by atoms with van der Waals surface area (Å²) < 4.78 is 0. The standard InChI is InChI=1S/C9H13Cl2N3O/c1-3-6(5(2)10)14-8-7(11)9(15)13-4-12-8/h4-6H,3H2,1-2H3,(H2,12,13,14,15).